The Hall–Kier alpha value is -0.900. The van der Waals surface area contributed by atoms with Crippen molar-refractivity contribution in [2.24, 2.45) is 0 Å². The van der Waals surface area contributed by atoms with Crippen LogP contribution in [0.3, 0.4) is 0 Å². The van der Waals surface area contributed by atoms with Crippen molar-refractivity contribution in [2.45, 2.75) is 44.9 Å². The third-order valence-electron chi connectivity index (χ3n) is 4.35. The number of nitrogens with one attached hydrogen (secondary N) is 1. The zero-order chi connectivity index (χ0) is 13.6. The van der Waals surface area contributed by atoms with Crippen molar-refractivity contribution in [3.8, 4) is 0 Å². The standard InChI is InChI=1S/C17H26N2O/c1-2-10-19(9-1)14-16-7-5-15(6-8-16)12-18-13-17-4-3-11-20-17/h5-8,17-18H,1-4,9-14H2. The van der Waals surface area contributed by atoms with Crippen molar-refractivity contribution >= 4 is 0 Å². The van der Waals surface area contributed by atoms with E-state index in [1.165, 1.54) is 49.9 Å². The van der Waals surface area contributed by atoms with E-state index < -0.39 is 0 Å². The third-order valence-corrected chi connectivity index (χ3v) is 4.35. The first-order valence-electron chi connectivity index (χ1n) is 8.03. The molecule has 0 spiro atoms. The van der Waals surface area contributed by atoms with Gasteiger partial charge >= 0.3 is 0 Å². The zero-order valence-electron chi connectivity index (χ0n) is 12.3. The minimum absolute atomic E-state index is 0.435. The maximum Gasteiger partial charge on any atom is 0.0700 e. The molecule has 3 heteroatoms. The quantitative estimate of drug-likeness (QED) is 0.863. The molecule has 20 heavy (non-hydrogen) atoms. The summed E-state index contributed by atoms with van der Waals surface area (Å²) in [6.45, 7) is 6.52. The Morgan fingerprint density at radius 2 is 1.80 bits per heavy atom. The van der Waals surface area contributed by atoms with Gasteiger partial charge in [-0.05, 0) is 49.9 Å². The molecular weight excluding hydrogens is 248 g/mol. The van der Waals surface area contributed by atoms with Crippen LogP contribution in [0.2, 0.25) is 0 Å². The van der Waals surface area contributed by atoms with Crippen LogP contribution in [-0.4, -0.2) is 37.2 Å². The molecule has 0 radical (unpaired) electrons. The highest BCUT2D eigenvalue weighted by Gasteiger charge is 2.14. The van der Waals surface area contributed by atoms with E-state index in [0.717, 1.165) is 26.2 Å². The second-order valence-corrected chi connectivity index (χ2v) is 6.07. The van der Waals surface area contributed by atoms with Gasteiger partial charge < -0.3 is 10.1 Å². The van der Waals surface area contributed by atoms with Gasteiger partial charge in [-0.3, -0.25) is 4.90 Å². The lowest BCUT2D eigenvalue weighted by atomic mass is 10.1. The largest absolute Gasteiger partial charge is 0.377 e. The van der Waals surface area contributed by atoms with Crippen LogP contribution in [0, 0.1) is 0 Å². The minimum atomic E-state index is 0.435. The number of hydrogen-bond acceptors (Lipinski definition) is 3. The van der Waals surface area contributed by atoms with E-state index in [1.807, 2.05) is 0 Å². The van der Waals surface area contributed by atoms with Crippen molar-refractivity contribution in [1.29, 1.82) is 0 Å². The van der Waals surface area contributed by atoms with Crippen molar-refractivity contribution in [1.82, 2.24) is 10.2 Å². The maximum atomic E-state index is 5.62. The Balaban J connectivity index is 1.41. The summed E-state index contributed by atoms with van der Waals surface area (Å²) in [5.74, 6) is 0. The van der Waals surface area contributed by atoms with Crippen molar-refractivity contribution in [2.75, 3.05) is 26.2 Å². The average molecular weight is 274 g/mol. The Bertz CT molecular complexity index is 392. The second-order valence-electron chi connectivity index (χ2n) is 6.07. The molecule has 0 saturated carbocycles. The van der Waals surface area contributed by atoms with E-state index in [9.17, 15) is 0 Å². The van der Waals surface area contributed by atoms with Gasteiger partial charge in [-0.1, -0.05) is 24.3 Å². The molecule has 0 aliphatic carbocycles. The van der Waals surface area contributed by atoms with Crippen molar-refractivity contribution in [3.63, 3.8) is 0 Å². The minimum Gasteiger partial charge on any atom is -0.377 e. The summed E-state index contributed by atoms with van der Waals surface area (Å²) in [7, 11) is 0. The average Bonchev–Trinajstić information content (AvgIpc) is 3.14. The molecule has 1 aromatic carbocycles. The van der Waals surface area contributed by atoms with Gasteiger partial charge in [0.2, 0.25) is 0 Å². The predicted molar refractivity (Wildman–Crippen MR) is 81.6 cm³/mol. The number of nitrogens with zero attached hydrogens (tertiary/aromatic N) is 1. The number of benzene rings is 1. The Morgan fingerprint density at radius 3 is 2.50 bits per heavy atom. The van der Waals surface area contributed by atoms with Gasteiger partial charge in [0.25, 0.3) is 0 Å². The van der Waals surface area contributed by atoms with E-state index in [2.05, 4.69) is 34.5 Å². The van der Waals surface area contributed by atoms with Gasteiger partial charge in [0.15, 0.2) is 0 Å². The van der Waals surface area contributed by atoms with Crippen LogP contribution in [0.1, 0.15) is 36.8 Å². The number of ether oxygens (including phenoxy) is 1. The van der Waals surface area contributed by atoms with E-state index in [4.69, 9.17) is 4.74 Å². The van der Waals surface area contributed by atoms with E-state index in [0.29, 0.717) is 6.10 Å². The fraction of sp³-hybridized carbons (Fsp3) is 0.647. The van der Waals surface area contributed by atoms with Crippen LogP contribution < -0.4 is 5.32 Å². The van der Waals surface area contributed by atoms with E-state index in [-0.39, 0.29) is 0 Å². The first-order valence-corrected chi connectivity index (χ1v) is 8.03. The zero-order valence-corrected chi connectivity index (χ0v) is 12.3. The Morgan fingerprint density at radius 1 is 1.05 bits per heavy atom. The van der Waals surface area contributed by atoms with Gasteiger partial charge in [-0.25, -0.2) is 0 Å². The molecule has 1 aromatic rings. The molecule has 2 heterocycles. The molecule has 0 bridgehead atoms. The third kappa shape index (κ3) is 4.05. The van der Waals surface area contributed by atoms with Crippen LogP contribution >= 0.6 is 0 Å². The maximum absolute atomic E-state index is 5.62. The highest BCUT2D eigenvalue weighted by atomic mass is 16.5. The normalized spacial score (nSPS) is 23.5. The lowest BCUT2D eigenvalue weighted by molar-refractivity contribution is 0.110. The van der Waals surface area contributed by atoms with Crippen LogP contribution in [0.15, 0.2) is 24.3 Å². The van der Waals surface area contributed by atoms with Crippen LogP contribution in [0.5, 0.6) is 0 Å². The molecular formula is C17H26N2O. The van der Waals surface area contributed by atoms with E-state index >= 15 is 0 Å². The number of rotatable bonds is 6. The molecule has 2 aliphatic heterocycles. The molecule has 1 unspecified atom stereocenters. The Kier molecular flexibility index (Phi) is 5.06. The summed E-state index contributed by atoms with van der Waals surface area (Å²) >= 11 is 0. The summed E-state index contributed by atoms with van der Waals surface area (Å²) < 4.78 is 5.62. The highest BCUT2D eigenvalue weighted by Crippen LogP contribution is 2.14. The second kappa shape index (κ2) is 7.21. The number of hydrogen-bond donors (Lipinski definition) is 1. The highest BCUT2D eigenvalue weighted by molar-refractivity contribution is 5.22. The number of likely N-dealkylation sites (tertiary alicyclic amines) is 1. The first-order chi connectivity index (χ1) is 9.90. The van der Waals surface area contributed by atoms with Gasteiger partial charge in [-0.15, -0.1) is 0 Å². The van der Waals surface area contributed by atoms with Crippen LogP contribution in [-0.2, 0) is 17.8 Å². The molecule has 110 valence electrons. The summed E-state index contributed by atoms with van der Waals surface area (Å²) in [5, 5.41) is 3.50. The van der Waals surface area contributed by atoms with Crippen LogP contribution in [0.25, 0.3) is 0 Å². The molecule has 2 saturated heterocycles. The van der Waals surface area contributed by atoms with Gasteiger partial charge in [0.05, 0.1) is 6.10 Å². The Labute approximate surface area is 122 Å². The molecule has 0 aromatic heterocycles. The first kappa shape index (κ1) is 14.1. The molecule has 2 aliphatic rings. The van der Waals surface area contributed by atoms with Crippen molar-refractivity contribution < 1.29 is 4.74 Å². The fourth-order valence-corrected chi connectivity index (χ4v) is 3.14. The van der Waals surface area contributed by atoms with Crippen LogP contribution in [0.4, 0.5) is 0 Å². The molecule has 3 nitrogen and oxygen atoms in total. The molecule has 1 N–H and O–H groups in total. The molecule has 2 fully saturated rings. The smallest absolute Gasteiger partial charge is 0.0700 e. The lowest BCUT2D eigenvalue weighted by Crippen LogP contribution is -2.25. The summed E-state index contributed by atoms with van der Waals surface area (Å²) in [4.78, 5) is 2.55. The topological polar surface area (TPSA) is 24.5 Å². The van der Waals surface area contributed by atoms with Gasteiger partial charge in [0, 0.05) is 26.2 Å². The monoisotopic (exact) mass is 274 g/mol. The predicted octanol–water partition coefficient (Wildman–Crippen LogP) is 2.55. The SMILES string of the molecule is c1cc(CN2CCCC2)ccc1CNCC1CCCO1. The van der Waals surface area contributed by atoms with Gasteiger partial charge in [-0.2, -0.15) is 0 Å². The summed E-state index contributed by atoms with van der Waals surface area (Å²) in [6, 6.07) is 9.07. The molecule has 3 rings (SSSR count). The summed E-state index contributed by atoms with van der Waals surface area (Å²) in [5.41, 5.74) is 2.81. The van der Waals surface area contributed by atoms with Gasteiger partial charge in [0.1, 0.15) is 0 Å². The molecule has 1 atom stereocenters. The molecule has 0 amide bonds. The fourth-order valence-electron chi connectivity index (χ4n) is 3.14. The lowest BCUT2D eigenvalue weighted by Gasteiger charge is -2.15. The van der Waals surface area contributed by atoms with Crippen molar-refractivity contribution in [3.05, 3.63) is 35.4 Å². The van der Waals surface area contributed by atoms with E-state index in [1.54, 1.807) is 0 Å². The summed E-state index contributed by atoms with van der Waals surface area (Å²) in [6.07, 6.45) is 5.60.